The molecule has 1 aromatic carbocycles. The minimum absolute atomic E-state index is 0.000396. The molecule has 1 heterocycles. The number of anilines is 1. The van der Waals surface area contributed by atoms with Gasteiger partial charge in [-0.05, 0) is 41.1 Å². The zero-order valence-electron chi connectivity index (χ0n) is 9.71. The van der Waals surface area contributed by atoms with Crippen LogP contribution in [0.15, 0.2) is 24.5 Å². The minimum Gasteiger partial charge on any atom is -0.326 e. The molecule has 2 rings (SSSR count). The molecule has 0 unspecified atom stereocenters. The Morgan fingerprint density at radius 2 is 2.29 bits per heavy atom. The van der Waals surface area contributed by atoms with Crippen molar-refractivity contribution in [2.75, 3.05) is 5.32 Å². The molecule has 0 atom stereocenters. The van der Waals surface area contributed by atoms with Crippen molar-refractivity contribution in [2.24, 2.45) is 0 Å². The van der Waals surface area contributed by atoms with Crippen molar-refractivity contribution in [1.82, 2.24) is 20.2 Å². The zero-order chi connectivity index (χ0) is 12.3. The third-order valence-corrected chi connectivity index (χ3v) is 2.40. The number of nitrogens with zero attached hydrogens (tertiary/aromatic N) is 4. The molecular weight excluding hydrogens is 218 g/mol. The summed E-state index contributed by atoms with van der Waals surface area (Å²) in [5.41, 5.74) is 2.67. The van der Waals surface area contributed by atoms with E-state index < -0.39 is 0 Å². The van der Waals surface area contributed by atoms with Gasteiger partial charge < -0.3 is 5.32 Å². The van der Waals surface area contributed by atoms with Crippen molar-refractivity contribution in [2.45, 2.75) is 20.3 Å². The monoisotopic (exact) mass is 231 g/mol. The smallest absolute Gasteiger partial charge is 0.224 e. The van der Waals surface area contributed by atoms with Gasteiger partial charge in [-0.15, -0.1) is 5.10 Å². The van der Waals surface area contributed by atoms with E-state index in [1.54, 1.807) is 4.68 Å². The number of aromatic nitrogens is 4. The van der Waals surface area contributed by atoms with Crippen molar-refractivity contribution in [3.63, 3.8) is 0 Å². The predicted octanol–water partition coefficient (Wildman–Crippen LogP) is 1.32. The average molecular weight is 231 g/mol. The van der Waals surface area contributed by atoms with Crippen molar-refractivity contribution in [1.29, 1.82) is 0 Å². The number of carbonyl (C=O) groups excluding carboxylic acids is 1. The van der Waals surface area contributed by atoms with E-state index >= 15 is 0 Å². The molecule has 0 aliphatic carbocycles. The van der Waals surface area contributed by atoms with Gasteiger partial charge in [-0.2, -0.15) is 0 Å². The Bertz CT molecular complexity index is 521. The standard InChI is InChI=1S/C11H13N5O/c1-3-11(17)13-9-4-5-10(8(2)6-9)16-7-12-14-15-16/h4-7H,3H2,1-2H3,(H,13,17). The highest BCUT2D eigenvalue weighted by Crippen LogP contribution is 2.17. The number of hydrogen-bond donors (Lipinski definition) is 1. The van der Waals surface area contributed by atoms with Crippen LogP contribution in [0.3, 0.4) is 0 Å². The Morgan fingerprint density at radius 1 is 1.47 bits per heavy atom. The lowest BCUT2D eigenvalue weighted by Gasteiger charge is -2.08. The molecule has 2 aromatic rings. The molecule has 0 spiro atoms. The second kappa shape index (κ2) is 4.73. The maximum absolute atomic E-state index is 11.3. The minimum atomic E-state index is -0.000396. The quantitative estimate of drug-likeness (QED) is 0.864. The van der Waals surface area contributed by atoms with Gasteiger partial charge in [0.15, 0.2) is 0 Å². The highest BCUT2D eigenvalue weighted by molar-refractivity contribution is 5.90. The molecule has 1 N–H and O–H groups in total. The lowest BCUT2D eigenvalue weighted by Crippen LogP contribution is -2.10. The normalized spacial score (nSPS) is 10.2. The molecule has 0 bridgehead atoms. The fraction of sp³-hybridized carbons (Fsp3) is 0.273. The molecule has 6 nitrogen and oxygen atoms in total. The number of benzene rings is 1. The first-order valence-electron chi connectivity index (χ1n) is 5.34. The maximum Gasteiger partial charge on any atom is 0.224 e. The fourth-order valence-corrected chi connectivity index (χ4v) is 1.51. The summed E-state index contributed by atoms with van der Waals surface area (Å²) in [5.74, 6) is -0.000396. The molecule has 1 aromatic heterocycles. The average Bonchev–Trinajstić information content (AvgIpc) is 2.82. The van der Waals surface area contributed by atoms with Gasteiger partial charge in [-0.3, -0.25) is 4.79 Å². The molecule has 6 heteroatoms. The Morgan fingerprint density at radius 3 is 2.88 bits per heavy atom. The number of hydrogen-bond acceptors (Lipinski definition) is 4. The van der Waals surface area contributed by atoms with Crippen LogP contribution in [0.1, 0.15) is 18.9 Å². The van der Waals surface area contributed by atoms with Gasteiger partial charge in [0, 0.05) is 12.1 Å². The third kappa shape index (κ3) is 2.47. The summed E-state index contributed by atoms with van der Waals surface area (Å²) >= 11 is 0. The Balaban J connectivity index is 2.26. The molecule has 1 amide bonds. The molecule has 88 valence electrons. The van der Waals surface area contributed by atoms with Crippen LogP contribution in [-0.2, 0) is 4.79 Å². The summed E-state index contributed by atoms with van der Waals surface area (Å²) in [5, 5.41) is 13.8. The van der Waals surface area contributed by atoms with Crippen LogP contribution in [0, 0.1) is 6.92 Å². The Kier molecular flexibility index (Phi) is 3.13. The van der Waals surface area contributed by atoms with E-state index in [0.717, 1.165) is 16.9 Å². The van der Waals surface area contributed by atoms with Gasteiger partial charge in [-0.25, -0.2) is 4.68 Å². The number of aryl methyl sites for hydroxylation is 1. The molecule has 0 fully saturated rings. The summed E-state index contributed by atoms with van der Waals surface area (Å²) in [4.78, 5) is 11.3. The van der Waals surface area contributed by atoms with Crippen LogP contribution in [0.5, 0.6) is 0 Å². The van der Waals surface area contributed by atoms with Crippen LogP contribution in [0.4, 0.5) is 5.69 Å². The van der Waals surface area contributed by atoms with Crippen LogP contribution in [-0.4, -0.2) is 26.1 Å². The summed E-state index contributed by atoms with van der Waals surface area (Å²) in [6.45, 7) is 3.76. The van der Waals surface area contributed by atoms with Crippen molar-refractivity contribution in [3.8, 4) is 5.69 Å². The Labute approximate surface area is 98.6 Å². The number of amides is 1. The molecule has 0 radical (unpaired) electrons. The third-order valence-electron chi connectivity index (χ3n) is 2.40. The van der Waals surface area contributed by atoms with E-state index in [1.807, 2.05) is 32.0 Å². The lowest BCUT2D eigenvalue weighted by atomic mass is 10.2. The lowest BCUT2D eigenvalue weighted by molar-refractivity contribution is -0.115. The van der Waals surface area contributed by atoms with Gasteiger partial charge in [-0.1, -0.05) is 6.92 Å². The highest BCUT2D eigenvalue weighted by Gasteiger charge is 2.05. The van der Waals surface area contributed by atoms with Gasteiger partial charge in [0.1, 0.15) is 6.33 Å². The van der Waals surface area contributed by atoms with Crippen molar-refractivity contribution in [3.05, 3.63) is 30.1 Å². The second-order valence-corrected chi connectivity index (χ2v) is 3.66. The zero-order valence-corrected chi connectivity index (χ0v) is 9.71. The van der Waals surface area contributed by atoms with E-state index in [1.165, 1.54) is 6.33 Å². The first kappa shape index (κ1) is 11.3. The Hall–Kier alpha value is -2.24. The molecule has 0 aliphatic rings. The SMILES string of the molecule is CCC(=O)Nc1ccc(-n2cnnn2)c(C)c1. The van der Waals surface area contributed by atoms with E-state index in [-0.39, 0.29) is 5.91 Å². The summed E-state index contributed by atoms with van der Waals surface area (Å²) < 4.78 is 1.58. The number of nitrogens with one attached hydrogen (secondary N) is 1. The topological polar surface area (TPSA) is 72.7 Å². The number of tetrazole rings is 1. The second-order valence-electron chi connectivity index (χ2n) is 3.66. The maximum atomic E-state index is 11.3. The highest BCUT2D eigenvalue weighted by atomic mass is 16.1. The summed E-state index contributed by atoms with van der Waals surface area (Å²) in [6.07, 6.45) is 2.00. The van der Waals surface area contributed by atoms with Gasteiger partial charge in [0.25, 0.3) is 0 Å². The van der Waals surface area contributed by atoms with Crippen LogP contribution >= 0.6 is 0 Å². The van der Waals surface area contributed by atoms with Crippen LogP contribution in [0.2, 0.25) is 0 Å². The number of rotatable bonds is 3. The van der Waals surface area contributed by atoms with Crippen LogP contribution in [0.25, 0.3) is 5.69 Å². The first-order valence-corrected chi connectivity index (χ1v) is 5.34. The van der Waals surface area contributed by atoms with Gasteiger partial charge >= 0.3 is 0 Å². The largest absolute Gasteiger partial charge is 0.326 e. The molecular formula is C11H13N5O. The first-order chi connectivity index (χ1) is 8.20. The van der Waals surface area contributed by atoms with Gasteiger partial charge in [0.05, 0.1) is 5.69 Å². The molecule has 17 heavy (non-hydrogen) atoms. The molecule has 0 saturated carbocycles. The van der Waals surface area contributed by atoms with E-state index in [2.05, 4.69) is 20.8 Å². The van der Waals surface area contributed by atoms with Crippen molar-refractivity contribution < 1.29 is 4.79 Å². The summed E-state index contributed by atoms with van der Waals surface area (Å²) in [7, 11) is 0. The van der Waals surface area contributed by atoms with E-state index in [0.29, 0.717) is 6.42 Å². The fourth-order valence-electron chi connectivity index (χ4n) is 1.51. The molecule has 0 aliphatic heterocycles. The van der Waals surface area contributed by atoms with Gasteiger partial charge in [0.2, 0.25) is 5.91 Å². The summed E-state index contributed by atoms with van der Waals surface area (Å²) in [6, 6.07) is 5.60. The van der Waals surface area contributed by atoms with E-state index in [4.69, 9.17) is 0 Å². The number of carbonyl (C=O) groups is 1. The predicted molar refractivity (Wildman–Crippen MR) is 62.8 cm³/mol. The molecule has 0 saturated heterocycles. The van der Waals surface area contributed by atoms with E-state index in [9.17, 15) is 4.79 Å². The van der Waals surface area contributed by atoms with Crippen molar-refractivity contribution >= 4 is 11.6 Å². The van der Waals surface area contributed by atoms with Crippen LogP contribution < -0.4 is 5.32 Å².